The fraction of sp³-hybridized carbons (Fsp3) is 0.611. The molecule has 2 fully saturated rings. The Kier molecular flexibility index (Phi) is 3.89. The van der Waals surface area contributed by atoms with E-state index in [1.165, 1.54) is 37.1 Å². The molecule has 1 N–H and O–H groups in total. The second kappa shape index (κ2) is 5.49. The Morgan fingerprint density at radius 2 is 2.00 bits per heavy atom. The van der Waals surface area contributed by atoms with Crippen molar-refractivity contribution >= 4 is 11.7 Å². The molecule has 0 aliphatic heterocycles. The summed E-state index contributed by atoms with van der Waals surface area (Å²) in [5.41, 5.74) is 1.15. The molecule has 5 nitrogen and oxygen atoms in total. The van der Waals surface area contributed by atoms with Gasteiger partial charge in [0.05, 0.1) is 17.9 Å². The first kappa shape index (κ1) is 16.3. The van der Waals surface area contributed by atoms with Crippen LogP contribution in [0.3, 0.4) is 0 Å². The molecule has 2 bridgehead atoms. The first-order chi connectivity index (χ1) is 10.7. The van der Waals surface area contributed by atoms with Crippen LogP contribution in [0.5, 0.6) is 0 Å². The van der Waals surface area contributed by atoms with Gasteiger partial charge in [0.2, 0.25) is 0 Å². The maximum Gasteiger partial charge on any atom is 0.338 e. The Morgan fingerprint density at radius 1 is 1.35 bits per heavy atom. The maximum atomic E-state index is 12.2. The third-order valence-corrected chi connectivity index (χ3v) is 6.52. The molecule has 23 heavy (non-hydrogen) atoms. The molecule has 5 heteroatoms. The fourth-order valence-corrected chi connectivity index (χ4v) is 4.68. The zero-order valence-electron chi connectivity index (χ0n) is 13.9. The molecule has 0 amide bonds. The standard InChI is InChI=1S/C18H24NO4/c1-17(2)15-8-9-18(17,3)10-13(15)11-23-16(20)12-4-6-14(7-5-12)19(21)22/h4-7,13,15,21H,8-11H2,1-3H3/q-1/t13-,15-,18+/m1/s1. The molecule has 0 saturated heterocycles. The monoisotopic (exact) mass is 318 g/mol. The van der Waals surface area contributed by atoms with Crippen LogP contribution in [0, 0.1) is 27.9 Å². The van der Waals surface area contributed by atoms with Crippen molar-refractivity contribution in [2.24, 2.45) is 22.7 Å². The van der Waals surface area contributed by atoms with Crippen molar-refractivity contribution in [2.75, 3.05) is 11.8 Å². The van der Waals surface area contributed by atoms with E-state index in [0.29, 0.717) is 34.8 Å². The fourth-order valence-electron chi connectivity index (χ4n) is 4.68. The quantitative estimate of drug-likeness (QED) is 0.671. The number of hydrogen-bond donors (Lipinski definition) is 1. The summed E-state index contributed by atoms with van der Waals surface area (Å²) in [5, 5.41) is 19.3. The van der Waals surface area contributed by atoms with Gasteiger partial charge in [0, 0.05) is 0 Å². The van der Waals surface area contributed by atoms with Gasteiger partial charge in [0.15, 0.2) is 0 Å². The minimum Gasteiger partial charge on any atom is -0.733 e. The van der Waals surface area contributed by atoms with Gasteiger partial charge in [0.25, 0.3) is 0 Å². The highest BCUT2D eigenvalue weighted by Crippen LogP contribution is 2.67. The van der Waals surface area contributed by atoms with Crippen molar-refractivity contribution in [1.29, 1.82) is 0 Å². The molecule has 0 heterocycles. The molecule has 0 aromatic heterocycles. The summed E-state index contributed by atoms with van der Waals surface area (Å²) in [6.07, 6.45) is 3.60. The Bertz CT molecular complexity index is 593. The predicted molar refractivity (Wildman–Crippen MR) is 87.1 cm³/mol. The highest BCUT2D eigenvalue weighted by molar-refractivity contribution is 5.89. The van der Waals surface area contributed by atoms with Crippen LogP contribution < -0.4 is 5.23 Å². The second-order valence-electron chi connectivity index (χ2n) is 7.81. The SMILES string of the molecule is CC1(C)[C@@H]2CC[C@@]1(C)C[C@@H]2COC(=O)c1ccc(N([O-])O)cc1. The van der Waals surface area contributed by atoms with Gasteiger partial charge in [-0.2, -0.15) is 0 Å². The van der Waals surface area contributed by atoms with Gasteiger partial charge in [-0.05, 0) is 66.2 Å². The smallest absolute Gasteiger partial charge is 0.338 e. The van der Waals surface area contributed by atoms with Gasteiger partial charge in [0.1, 0.15) is 0 Å². The van der Waals surface area contributed by atoms with Crippen molar-refractivity contribution in [1.82, 2.24) is 0 Å². The number of carbonyl (C=O) groups excluding carboxylic acids is 1. The average Bonchev–Trinajstić information content (AvgIpc) is 2.85. The van der Waals surface area contributed by atoms with E-state index in [0.717, 1.165) is 6.42 Å². The van der Waals surface area contributed by atoms with Crippen LogP contribution in [0.15, 0.2) is 24.3 Å². The van der Waals surface area contributed by atoms with Gasteiger partial charge >= 0.3 is 5.97 Å². The zero-order valence-corrected chi connectivity index (χ0v) is 13.9. The summed E-state index contributed by atoms with van der Waals surface area (Å²) in [7, 11) is 0. The Morgan fingerprint density at radius 3 is 2.48 bits per heavy atom. The van der Waals surface area contributed by atoms with E-state index in [1.807, 2.05) is 0 Å². The molecule has 0 radical (unpaired) electrons. The predicted octanol–water partition coefficient (Wildman–Crippen LogP) is 4.00. The first-order valence-corrected chi connectivity index (χ1v) is 8.18. The van der Waals surface area contributed by atoms with Crippen LogP contribution in [0.2, 0.25) is 0 Å². The lowest BCUT2D eigenvalue weighted by molar-refractivity contribution is 0.0373. The van der Waals surface area contributed by atoms with Crippen LogP contribution >= 0.6 is 0 Å². The topological polar surface area (TPSA) is 72.8 Å². The van der Waals surface area contributed by atoms with Gasteiger partial charge < -0.3 is 15.2 Å². The largest absolute Gasteiger partial charge is 0.733 e. The molecule has 3 rings (SSSR count). The van der Waals surface area contributed by atoms with E-state index in [-0.39, 0.29) is 16.9 Å². The normalized spacial score (nSPS) is 31.2. The number of ether oxygens (including phenoxy) is 1. The van der Waals surface area contributed by atoms with Crippen LogP contribution in [-0.2, 0) is 4.74 Å². The molecular formula is C18H24NO4-. The highest BCUT2D eigenvalue weighted by Gasteiger charge is 2.60. The summed E-state index contributed by atoms with van der Waals surface area (Å²) < 4.78 is 5.51. The lowest BCUT2D eigenvalue weighted by atomic mass is 9.71. The van der Waals surface area contributed by atoms with Crippen molar-refractivity contribution in [3.05, 3.63) is 35.0 Å². The Hall–Kier alpha value is -1.59. The highest BCUT2D eigenvalue weighted by atomic mass is 16.8. The Balaban J connectivity index is 1.60. The summed E-state index contributed by atoms with van der Waals surface area (Å²) in [4.78, 5) is 12.2. The number of hydrogen-bond acceptors (Lipinski definition) is 5. The number of carbonyl (C=O) groups is 1. The van der Waals surface area contributed by atoms with E-state index < -0.39 is 0 Å². The number of benzene rings is 1. The van der Waals surface area contributed by atoms with Crippen LogP contribution in [-0.4, -0.2) is 17.8 Å². The number of esters is 1. The third kappa shape index (κ3) is 2.62. The van der Waals surface area contributed by atoms with Crippen LogP contribution in [0.25, 0.3) is 0 Å². The summed E-state index contributed by atoms with van der Waals surface area (Å²) in [6, 6.07) is 5.77. The van der Waals surface area contributed by atoms with Gasteiger partial charge in [-0.1, -0.05) is 20.8 Å². The van der Waals surface area contributed by atoms with Crippen molar-refractivity contribution < 1.29 is 14.7 Å². The molecule has 126 valence electrons. The molecule has 3 atom stereocenters. The van der Waals surface area contributed by atoms with Crippen molar-refractivity contribution in [2.45, 2.75) is 40.0 Å². The van der Waals surface area contributed by atoms with E-state index in [1.54, 1.807) is 0 Å². The third-order valence-electron chi connectivity index (χ3n) is 6.52. The van der Waals surface area contributed by atoms with Gasteiger partial charge in [-0.15, -0.1) is 0 Å². The zero-order chi connectivity index (χ0) is 16.8. The summed E-state index contributed by atoms with van der Waals surface area (Å²) >= 11 is 0. The molecule has 2 aliphatic rings. The minimum absolute atomic E-state index is 0.0873. The van der Waals surface area contributed by atoms with Crippen LogP contribution in [0.4, 0.5) is 5.69 Å². The van der Waals surface area contributed by atoms with Crippen molar-refractivity contribution in [3.8, 4) is 0 Å². The van der Waals surface area contributed by atoms with E-state index in [4.69, 9.17) is 9.94 Å². The summed E-state index contributed by atoms with van der Waals surface area (Å²) in [6.45, 7) is 7.50. The van der Waals surface area contributed by atoms with Gasteiger partial charge in [-0.3, -0.25) is 5.21 Å². The number of fused-ring (bicyclic) bond motifs is 2. The number of nitrogens with zero attached hydrogens (tertiary/aromatic N) is 1. The molecular weight excluding hydrogens is 294 g/mol. The van der Waals surface area contributed by atoms with E-state index in [2.05, 4.69) is 20.8 Å². The lowest BCUT2D eigenvalue weighted by Gasteiger charge is -2.34. The molecule has 0 spiro atoms. The lowest BCUT2D eigenvalue weighted by Crippen LogP contribution is -2.26. The van der Waals surface area contributed by atoms with E-state index >= 15 is 0 Å². The van der Waals surface area contributed by atoms with E-state index in [9.17, 15) is 10.0 Å². The number of anilines is 1. The summed E-state index contributed by atoms with van der Waals surface area (Å²) in [5.74, 6) is 0.672. The molecule has 0 unspecified atom stereocenters. The average molecular weight is 318 g/mol. The molecule has 2 aliphatic carbocycles. The molecule has 1 aromatic rings. The Labute approximate surface area is 136 Å². The molecule has 2 saturated carbocycles. The second-order valence-corrected chi connectivity index (χ2v) is 7.81. The van der Waals surface area contributed by atoms with Gasteiger partial charge in [-0.25, -0.2) is 4.79 Å². The first-order valence-electron chi connectivity index (χ1n) is 8.18. The minimum atomic E-state index is -0.377. The number of rotatable bonds is 4. The molecule has 1 aromatic carbocycles. The van der Waals surface area contributed by atoms with Crippen molar-refractivity contribution in [3.63, 3.8) is 0 Å². The maximum absolute atomic E-state index is 12.2. The van der Waals surface area contributed by atoms with Crippen LogP contribution in [0.1, 0.15) is 50.4 Å².